The van der Waals surface area contributed by atoms with Gasteiger partial charge in [-0.15, -0.1) is 0 Å². The second-order valence-corrected chi connectivity index (χ2v) is 4.46. The fourth-order valence-electron chi connectivity index (χ4n) is 2.24. The van der Waals surface area contributed by atoms with Gasteiger partial charge in [0.1, 0.15) is 6.07 Å². The number of carbonyl (C=O) groups excluding carboxylic acids is 1. The van der Waals surface area contributed by atoms with E-state index in [0.29, 0.717) is 12.2 Å². The summed E-state index contributed by atoms with van der Waals surface area (Å²) in [6, 6.07) is 3.61. The molecule has 0 unspecified atom stereocenters. The van der Waals surface area contributed by atoms with Gasteiger partial charge in [-0.05, 0) is 38.5 Å². The molecule has 0 aliphatic rings. The number of rotatable bonds is 5. The van der Waals surface area contributed by atoms with Crippen LogP contribution < -0.4 is 5.11 Å². The lowest BCUT2D eigenvalue weighted by molar-refractivity contribution is -0.298. The monoisotopic (exact) mass is 261 g/mol. The molecule has 0 amide bonds. The lowest BCUT2D eigenvalue weighted by Crippen LogP contribution is -2.23. The molecule has 0 spiro atoms. The number of hydrogen-bond donors (Lipinski definition) is 0. The minimum absolute atomic E-state index is 0.139. The standard InChI is InChI=1S/C14H18N2O3/c1-9-5-12(6-13(7-15)14(17)18)11(3)16(9)10(2)8-19-4/h5-6,10H,8H2,1-4H3,(H,17,18)/p-1/b13-6+/t10-/m1/s1. The Hall–Kier alpha value is -2.06. The highest BCUT2D eigenvalue weighted by Crippen LogP contribution is 2.22. The SMILES string of the molecule is COC[C@@H](C)n1c(C)cc(/C=C(\C#N)C(=O)[O-])c1C. The molecule has 0 aliphatic heterocycles. The highest BCUT2D eigenvalue weighted by atomic mass is 16.5. The van der Waals surface area contributed by atoms with Crippen LogP contribution in [-0.4, -0.2) is 24.3 Å². The van der Waals surface area contributed by atoms with Gasteiger partial charge in [-0.2, -0.15) is 5.26 Å². The summed E-state index contributed by atoms with van der Waals surface area (Å²) in [7, 11) is 1.63. The summed E-state index contributed by atoms with van der Waals surface area (Å²) in [5.41, 5.74) is 2.22. The van der Waals surface area contributed by atoms with Crippen LogP contribution in [0.3, 0.4) is 0 Å². The molecule has 5 nitrogen and oxygen atoms in total. The third kappa shape index (κ3) is 3.24. The van der Waals surface area contributed by atoms with Gasteiger partial charge in [0.2, 0.25) is 0 Å². The maximum absolute atomic E-state index is 10.7. The van der Waals surface area contributed by atoms with Crippen molar-refractivity contribution in [3.8, 4) is 6.07 Å². The maximum Gasteiger partial charge on any atom is 0.101 e. The van der Waals surface area contributed by atoms with Crippen molar-refractivity contribution in [3.63, 3.8) is 0 Å². The first kappa shape index (κ1) is 15.0. The van der Waals surface area contributed by atoms with Crippen molar-refractivity contribution in [2.75, 3.05) is 13.7 Å². The summed E-state index contributed by atoms with van der Waals surface area (Å²) in [6.45, 7) is 6.39. The molecule has 0 bridgehead atoms. The van der Waals surface area contributed by atoms with Gasteiger partial charge in [0.15, 0.2) is 0 Å². The van der Waals surface area contributed by atoms with Crippen LogP contribution in [0.5, 0.6) is 0 Å². The largest absolute Gasteiger partial charge is 0.544 e. The van der Waals surface area contributed by atoms with E-state index in [1.807, 2.05) is 26.8 Å². The van der Waals surface area contributed by atoms with Crippen LogP contribution in [0.15, 0.2) is 11.6 Å². The van der Waals surface area contributed by atoms with Crippen LogP contribution in [-0.2, 0) is 9.53 Å². The molecule has 0 fully saturated rings. The van der Waals surface area contributed by atoms with Gasteiger partial charge in [0.05, 0.1) is 24.2 Å². The fourth-order valence-corrected chi connectivity index (χ4v) is 2.24. The van der Waals surface area contributed by atoms with E-state index in [4.69, 9.17) is 10.00 Å². The van der Waals surface area contributed by atoms with E-state index in [2.05, 4.69) is 4.57 Å². The van der Waals surface area contributed by atoms with Gasteiger partial charge in [-0.3, -0.25) is 0 Å². The summed E-state index contributed by atoms with van der Waals surface area (Å²) in [5, 5.41) is 19.5. The van der Waals surface area contributed by atoms with Crippen LogP contribution in [0, 0.1) is 25.2 Å². The Bertz CT molecular complexity index is 550. The minimum Gasteiger partial charge on any atom is -0.544 e. The van der Waals surface area contributed by atoms with E-state index in [1.54, 1.807) is 13.2 Å². The van der Waals surface area contributed by atoms with E-state index in [-0.39, 0.29) is 11.6 Å². The van der Waals surface area contributed by atoms with E-state index in [1.165, 1.54) is 6.08 Å². The second kappa shape index (κ2) is 6.21. The highest BCUT2D eigenvalue weighted by molar-refractivity contribution is 5.95. The van der Waals surface area contributed by atoms with Gasteiger partial charge in [0, 0.05) is 18.5 Å². The maximum atomic E-state index is 10.7. The Morgan fingerprint density at radius 1 is 1.63 bits per heavy atom. The van der Waals surface area contributed by atoms with E-state index < -0.39 is 5.97 Å². The Morgan fingerprint density at radius 3 is 2.74 bits per heavy atom. The molecule has 19 heavy (non-hydrogen) atoms. The third-order valence-corrected chi connectivity index (χ3v) is 3.01. The molecule has 1 atom stereocenters. The lowest BCUT2D eigenvalue weighted by atomic mass is 10.1. The summed E-state index contributed by atoms with van der Waals surface area (Å²) in [4.78, 5) is 10.7. The Labute approximate surface area is 112 Å². The number of aliphatic carboxylic acids is 1. The number of hydrogen-bond acceptors (Lipinski definition) is 4. The van der Waals surface area contributed by atoms with Crippen LogP contribution >= 0.6 is 0 Å². The van der Waals surface area contributed by atoms with Gasteiger partial charge >= 0.3 is 0 Å². The lowest BCUT2D eigenvalue weighted by Gasteiger charge is -2.17. The van der Waals surface area contributed by atoms with Gasteiger partial charge in [-0.1, -0.05) is 0 Å². The van der Waals surface area contributed by atoms with E-state index >= 15 is 0 Å². The van der Waals surface area contributed by atoms with Crippen molar-refractivity contribution in [3.05, 3.63) is 28.6 Å². The smallest absolute Gasteiger partial charge is 0.101 e. The molecule has 0 N–H and O–H groups in total. The van der Waals surface area contributed by atoms with Crippen LogP contribution in [0.25, 0.3) is 6.08 Å². The Balaban J connectivity index is 3.24. The number of ether oxygens (including phenoxy) is 1. The van der Waals surface area contributed by atoms with Crippen molar-refractivity contribution in [2.45, 2.75) is 26.8 Å². The molecule has 5 heteroatoms. The third-order valence-electron chi connectivity index (χ3n) is 3.01. The number of methoxy groups -OCH3 is 1. The molecule has 1 rings (SSSR count). The number of nitrogens with zero attached hydrogens (tertiary/aromatic N) is 2. The van der Waals surface area contributed by atoms with E-state index in [0.717, 1.165) is 11.4 Å². The van der Waals surface area contributed by atoms with Gasteiger partial charge in [0.25, 0.3) is 0 Å². The van der Waals surface area contributed by atoms with Crippen molar-refractivity contribution in [2.24, 2.45) is 0 Å². The molecule has 1 aromatic rings. The normalized spacial score (nSPS) is 13.1. The first-order chi connectivity index (χ1) is 8.92. The second-order valence-electron chi connectivity index (χ2n) is 4.46. The molecule has 1 aromatic heterocycles. The predicted octanol–water partition coefficient (Wildman–Crippen LogP) is 0.969. The zero-order valence-corrected chi connectivity index (χ0v) is 11.6. The Kier molecular flexibility index (Phi) is 4.90. The topological polar surface area (TPSA) is 78.1 Å². The summed E-state index contributed by atoms with van der Waals surface area (Å²) >= 11 is 0. The average Bonchev–Trinajstić information content (AvgIpc) is 2.61. The summed E-state index contributed by atoms with van der Waals surface area (Å²) < 4.78 is 7.18. The molecule has 0 saturated heterocycles. The molecular weight excluding hydrogens is 244 g/mol. The summed E-state index contributed by atoms with van der Waals surface area (Å²) in [5.74, 6) is -1.46. The number of carboxylic acid groups (broad SMARTS) is 1. The van der Waals surface area contributed by atoms with Gasteiger partial charge < -0.3 is 19.2 Å². The zero-order valence-electron chi connectivity index (χ0n) is 11.6. The highest BCUT2D eigenvalue weighted by Gasteiger charge is 2.13. The average molecular weight is 261 g/mol. The first-order valence-electron chi connectivity index (χ1n) is 5.92. The number of carbonyl (C=O) groups is 1. The Morgan fingerprint density at radius 2 is 2.26 bits per heavy atom. The molecule has 0 aromatic carbocycles. The molecule has 102 valence electrons. The first-order valence-corrected chi connectivity index (χ1v) is 5.92. The molecule has 0 saturated carbocycles. The quantitative estimate of drug-likeness (QED) is 0.584. The van der Waals surface area contributed by atoms with Crippen molar-refractivity contribution in [1.29, 1.82) is 5.26 Å². The molecule has 0 aliphatic carbocycles. The molecular formula is C14H17N2O3-. The van der Waals surface area contributed by atoms with Crippen LogP contribution in [0.1, 0.15) is 29.9 Å². The van der Waals surface area contributed by atoms with Crippen LogP contribution in [0.2, 0.25) is 0 Å². The van der Waals surface area contributed by atoms with Crippen molar-refractivity contribution < 1.29 is 14.6 Å². The fraction of sp³-hybridized carbons (Fsp3) is 0.429. The number of aromatic nitrogens is 1. The number of nitriles is 1. The molecule has 0 radical (unpaired) electrons. The summed E-state index contributed by atoms with van der Waals surface area (Å²) in [6.07, 6.45) is 1.34. The predicted molar refractivity (Wildman–Crippen MR) is 69.1 cm³/mol. The minimum atomic E-state index is -1.46. The van der Waals surface area contributed by atoms with Crippen LogP contribution in [0.4, 0.5) is 0 Å². The van der Waals surface area contributed by atoms with Gasteiger partial charge in [-0.25, -0.2) is 0 Å². The van der Waals surface area contributed by atoms with Crippen molar-refractivity contribution in [1.82, 2.24) is 4.57 Å². The van der Waals surface area contributed by atoms with Crippen molar-refractivity contribution >= 4 is 12.0 Å². The van der Waals surface area contributed by atoms with E-state index in [9.17, 15) is 9.90 Å². The molecule has 1 heterocycles. The number of aryl methyl sites for hydroxylation is 1. The number of carboxylic acids is 1. The zero-order chi connectivity index (χ0) is 14.6.